The number of benzene rings is 1. The van der Waals surface area contributed by atoms with Gasteiger partial charge in [-0.1, -0.05) is 0 Å². The summed E-state index contributed by atoms with van der Waals surface area (Å²) in [5.74, 6) is -2.10. The Kier molecular flexibility index (Phi) is 7.41. The summed E-state index contributed by atoms with van der Waals surface area (Å²) in [6.45, 7) is -0.386. The van der Waals surface area contributed by atoms with E-state index in [1.165, 1.54) is 0 Å². The molecular formula is C14H15F3N4O5S. The van der Waals surface area contributed by atoms with Crippen molar-refractivity contribution in [2.75, 3.05) is 23.9 Å². The standard InChI is InChI=1S/C14H15F3N4O5S/c1-27(24,25)8-11(12(22)19-7-6-18)21-13(23)20-9-2-4-10(5-3-9)26-14(15,16)17/h2-5,11H,7-8H2,1H3,(H,19,22)(H2,20,21,23). The van der Waals surface area contributed by atoms with E-state index in [-0.39, 0.29) is 12.2 Å². The van der Waals surface area contributed by atoms with Crippen LogP contribution in [0, 0.1) is 11.3 Å². The number of hydrogen-bond acceptors (Lipinski definition) is 6. The van der Waals surface area contributed by atoms with E-state index in [9.17, 15) is 31.2 Å². The fraction of sp³-hybridized carbons (Fsp3) is 0.357. The fourth-order valence-corrected chi connectivity index (χ4v) is 2.64. The van der Waals surface area contributed by atoms with Crippen LogP contribution >= 0.6 is 0 Å². The third-order valence-corrected chi connectivity index (χ3v) is 3.72. The van der Waals surface area contributed by atoms with E-state index in [2.05, 4.69) is 20.7 Å². The molecule has 0 fully saturated rings. The summed E-state index contributed by atoms with van der Waals surface area (Å²) in [4.78, 5) is 23.8. The predicted octanol–water partition coefficient (Wildman–Crippen LogP) is 0.760. The second-order valence-electron chi connectivity index (χ2n) is 5.19. The van der Waals surface area contributed by atoms with Crippen molar-refractivity contribution in [2.45, 2.75) is 12.4 Å². The highest BCUT2D eigenvalue weighted by Gasteiger charge is 2.31. The molecule has 9 nitrogen and oxygen atoms in total. The zero-order valence-corrected chi connectivity index (χ0v) is 14.6. The summed E-state index contributed by atoms with van der Waals surface area (Å²) in [5, 5.41) is 14.9. The molecule has 0 aromatic heterocycles. The Morgan fingerprint density at radius 1 is 1.26 bits per heavy atom. The molecule has 13 heteroatoms. The molecule has 0 aliphatic rings. The molecule has 0 radical (unpaired) electrons. The average Bonchev–Trinajstić information content (AvgIpc) is 2.51. The second-order valence-corrected chi connectivity index (χ2v) is 7.38. The fourth-order valence-electron chi connectivity index (χ4n) is 1.80. The minimum atomic E-state index is -4.86. The van der Waals surface area contributed by atoms with Crippen molar-refractivity contribution < 1.29 is 35.9 Å². The molecule has 1 atom stereocenters. The topological polar surface area (TPSA) is 137 Å². The zero-order valence-electron chi connectivity index (χ0n) is 13.8. The van der Waals surface area contributed by atoms with Gasteiger partial charge in [0, 0.05) is 11.9 Å². The third kappa shape index (κ3) is 9.31. The average molecular weight is 408 g/mol. The smallest absolute Gasteiger partial charge is 0.406 e. The van der Waals surface area contributed by atoms with Gasteiger partial charge in [-0.15, -0.1) is 13.2 Å². The van der Waals surface area contributed by atoms with E-state index < -0.39 is 45.7 Å². The van der Waals surface area contributed by atoms with Crippen molar-refractivity contribution in [3.63, 3.8) is 0 Å². The lowest BCUT2D eigenvalue weighted by atomic mass is 10.3. The molecule has 1 aromatic rings. The van der Waals surface area contributed by atoms with Gasteiger partial charge in [0.1, 0.15) is 28.2 Å². The van der Waals surface area contributed by atoms with Gasteiger partial charge in [0.15, 0.2) is 0 Å². The van der Waals surface area contributed by atoms with Gasteiger partial charge in [-0.2, -0.15) is 5.26 Å². The molecule has 1 unspecified atom stereocenters. The maximum Gasteiger partial charge on any atom is 0.573 e. The Labute approximate surface area is 152 Å². The molecule has 0 aliphatic carbocycles. The van der Waals surface area contributed by atoms with E-state index >= 15 is 0 Å². The first-order chi connectivity index (χ1) is 12.4. The minimum Gasteiger partial charge on any atom is -0.406 e. The lowest BCUT2D eigenvalue weighted by Crippen LogP contribution is -2.51. The number of amides is 3. The molecule has 0 aliphatic heterocycles. The Bertz CT molecular complexity index is 819. The largest absolute Gasteiger partial charge is 0.573 e. The van der Waals surface area contributed by atoms with Crippen LogP contribution in [0.1, 0.15) is 0 Å². The number of carbonyl (C=O) groups excluding carboxylic acids is 2. The first-order valence-electron chi connectivity index (χ1n) is 7.15. The number of nitrogens with zero attached hydrogens (tertiary/aromatic N) is 1. The van der Waals surface area contributed by atoms with E-state index in [1.54, 1.807) is 6.07 Å². The molecule has 0 heterocycles. The molecule has 1 aromatic carbocycles. The van der Waals surface area contributed by atoms with Crippen LogP contribution in [0.5, 0.6) is 5.75 Å². The van der Waals surface area contributed by atoms with E-state index in [1.807, 2.05) is 0 Å². The highest BCUT2D eigenvalue weighted by Crippen LogP contribution is 2.23. The van der Waals surface area contributed by atoms with Crippen LogP contribution in [0.3, 0.4) is 0 Å². The van der Waals surface area contributed by atoms with Crippen molar-refractivity contribution in [1.29, 1.82) is 5.26 Å². The quantitative estimate of drug-likeness (QED) is 0.570. The van der Waals surface area contributed by atoms with Gasteiger partial charge in [-0.3, -0.25) is 4.79 Å². The number of rotatable bonds is 7. The van der Waals surface area contributed by atoms with Crippen LogP contribution in [-0.4, -0.2) is 51.3 Å². The SMILES string of the molecule is CS(=O)(=O)CC(NC(=O)Nc1ccc(OC(F)(F)F)cc1)C(=O)NCC#N. The molecule has 27 heavy (non-hydrogen) atoms. The molecule has 1 rings (SSSR count). The summed E-state index contributed by atoms with van der Waals surface area (Å²) in [6, 6.07) is 3.32. The van der Waals surface area contributed by atoms with Crippen molar-refractivity contribution in [2.24, 2.45) is 0 Å². The number of carbonyl (C=O) groups is 2. The van der Waals surface area contributed by atoms with Gasteiger partial charge in [0.25, 0.3) is 0 Å². The van der Waals surface area contributed by atoms with Crippen LogP contribution in [-0.2, 0) is 14.6 Å². The number of sulfone groups is 1. The Balaban J connectivity index is 2.75. The van der Waals surface area contributed by atoms with E-state index in [4.69, 9.17) is 5.26 Å². The van der Waals surface area contributed by atoms with Crippen LogP contribution in [0.25, 0.3) is 0 Å². The lowest BCUT2D eigenvalue weighted by molar-refractivity contribution is -0.274. The summed E-state index contributed by atoms with van der Waals surface area (Å²) < 4.78 is 62.7. The number of nitrogens with one attached hydrogen (secondary N) is 3. The van der Waals surface area contributed by atoms with Crippen molar-refractivity contribution in [1.82, 2.24) is 10.6 Å². The monoisotopic (exact) mass is 408 g/mol. The first kappa shape index (κ1) is 22.0. The number of alkyl halides is 3. The third-order valence-electron chi connectivity index (χ3n) is 2.78. The Hall–Kier alpha value is -3.01. The van der Waals surface area contributed by atoms with Crippen molar-refractivity contribution in [3.8, 4) is 11.8 Å². The number of anilines is 1. The molecular weight excluding hydrogens is 393 g/mol. The number of halogens is 3. The van der Waals surface area contributed by atoms with Gasteiger partial charge < -0.3 is 20.7 Å². The summed E-state index contributed by atoms with van der Waals surface area (Å²) >= 11 is 0. The molecule has 3 N–H and O–H groups in total. The molecule has 148 valence electrons. The maximum atomic E-state index is 12.1. The normalized spacial score (nSPS) is 12.4. The van der Waals surface area contributed by atoms with Crippen LogP contribution in [0.15, 0.2) is 24.3 Å². The van der Waals surface area contributed by atoms with Gasteiger partial charge in [-0.25, -0.2) is 13.2 Å². The molecule has 0 saturated carbocycles. The molecule has 0 bridgehead atoms. The van der Waals surface area contributed by atoms with Crippen LogP contribution in [0.2, 0.25) is 0 Å². The minimum absolute atomic E-state index is 0.0672. The lowest BCUT2D eigenvalue weighted by Gasteiger charge is -2.17. The van der Waals surface area contributed by atoms with Crippen LogP contribution < -0.4 is 20.7 Å². The highest BCUT2D eigenvalue weighted by atomic mass is 32.2. The Morgan fingerprint density at radius 2 is 1.85 bits per heavy atom. The van der Waals surface area contributed by atoms with Gasteiger partial charge in [0.05, 0.1) is 11.8 Å². The highest BCUT2D eigenvalue weighted by molar-refractivity contribution is 7.90. The van der Waals surface area contributed by atoms with Gasteiger partial charge >= 0.3 is 12.4 Å². The van der Waals surface area contributed by atoms with E-state index in [0.717, 1.165) is 30.5 Å². The van der Waals surface area contributed by atoms with Gasteiger partial charge in [-0.05, 0) is 24.3 Å². The molecule has 0 spiro atoms. The first-order valence-corrected chi connectivity index (χ1v) is 9.21. The van der Waals surface area contributed by atoms with Crippen molar-refractivity contribution >= 4 is 27.5 Å². The van der Waals surface area contributed by atoms with Crippen LogP contribution in [0.4, 0.5) is 23.7 Å². The summed E-state index contributed by atoms with van der Waals surface area (Å²) in [6.07, 6.45) is -4.00. The number of urea groups is 1. The molecule has 3 amide bonds. The zero-order chi connectivity index (χ0) is 20.7. The van der Waals surface area contributed by atoms with Gasteiger partial charge in [0.2, 0.25) is 5.91 Å². The second kappa shape index (κ2) is 9.08. The maximum absolute atomic E-state index is 12.1. The summed E-state index contributed by atoms with van der Waals surface area (Å²) in [7, 11) is -3.64. The number of ether oxygens (including phenoxy) is 1. The number of hydrogen-bond donors (Lipinski definition) is 3. The van der Waals surface area contributed by atoms with Crippen molar-refractivity contribution in [3.05, 3.63) is 24.3 Å². The summed E-state index contributed by atoms with van der Waals surface area (Å²) in [5.41, 5.74) is 0.0672. The number of nitriles is 1. The predicted molar refractivity (Wildman–Crippen MR) is 87.4 cm³/mol. The Morgan fingerprint density at radius 3 is 2.33 bits per heavy atom. The molecule has 0 saturated heterocycles. The van der Waals surface area contributed by atoms with E-state index in [0.29, 0.717) is 0 Å².